The summed E-state index contributed by atoms with van der Waals surface area (Å²) in [4.78, 5) is 4.34. The van der Waals surface area contributed by atoms with Gasteiger partial charge in [0.1, 0.15) is 5.75 Å². The molecule has 0 spiro atoms. The first-order chi connectivity index (χ1) is 6.77. The number of pyridine rings is 1. The Morgan fingerprint density at radius 1 is 1.00 bits per heavy atom. The molecular weight excluding hydrogens is 240 g/mol. The topological polar surface area (TPSA) is 33.1 Å². The van der Waals surface area contributed by atoms with Gasteiger partial charge < -0.3 is 5.11 Å². The Labute approximate surface area is 102 Å². The van der Waals surface area contributed by atoms with Crippen LogP contribution in [0.4, 0.5) is 0 Å². The van der Waals surface area contributed by atoms with Gasteiger partial charge in [0.2, 0.25) is 0 Å². The first kappa shape index (κ1) is 11.9. The molecular formula is C12H11NOZn. The first-order valence-corrected chi connectivity index (χ1v) is 4.49. The molecule has 1 heterocycles. The van der Waals surface area contributed by atoms with Gasteiger partial charge in [-0.15, -0.1) is 0 Å². The van der Waals surface area contributed by atoms with Gasteiger partial charge in [-0.2, -0.15) is 0 Å². The minimum atomic E-state index is 0. The van der Waals surface area contributed by atoms with Crippen molar-refractivity contribution in [2.75, 3.05) is 0 Å². The second-order valence-corrected chi connectivity index (χ2v) is 3.18. The summed E-state index contributed by atoms with van der Waals surface area (Å²) in [6.45, 7) is 1.93. The van der Waals surface area contributed by atoms with E-state index in [1.165, 1.54) is 0 Å². The molecule has 0 fully saturated rings. The number of nitrogens with zero attached hydrogens (tertiary/aromatic N) is 1. The molecule has 1 N–H and O–H groups in total. The Hall–Kier alpha value is -1.21. The van der Waals surface area contributed by atoms with E-state index < -0.39 is 0 Å². The van der Waals surface area contributed by atoms with E-state index in [0.29, 0.717) is 0 Å². The van der Waals surface area contributed by atoms with Gasteiger partial charge in [0.25, 0.3) is 0 Å². The fourth-order valence-corrected chi connectivity index (χ4v) is 1.38. The van der Waals surface area contributed by atoms with Crippen LogP contribution in [0, 0.1) is 6.92 Å². The van der Waals surface area contributed by atoms with Crippen molar-refractivity contribution >= 4 is 0 Å². The molecule has 0 aliphatic heterocycles. The van der Waals surface area contributed by atoms with Gasteiger partial charge in [-0.1, -0.05) is 18.2 Å². The molecule has 2 nitrogen and oxygen atoms in total. The van der Waals surface area contributed by atoms with Crippen LogP contribution >= 0.6 is 0 Å². The number of aryl methyl sites for hydroxylation is 1. The molecule has 0 saturated carbocycles. The van der Waals surface area contributed by atoms with Gasteiger partial charge in [-0.05, 0) is 31.2 Å². The van der Waals surface area contributed by atoms with Crippen LogP contribution in [-0.2, 0) is 19.5 Å². The van der Waals surface area contributed by atoms with E-state index in [0.717, 1.165) is 17.0 Å². The fourth-order valence-electron chi connectivity index (χ4n) is 1.38. The Kier molecular flexibility index (Phi) is 3.99. The number of benzene rings is 1. The van der Waals surface area contributed by atoms with Crippen LogP contribution in [-0.4, -0.2) is 10.1 Å². The average Bonchev–Trinajstić information content (AvgIpc) is 2.18. The predicted molar refractivity (Wildman–Crippen MR) is 56.1 cm³/mol. The summed E-state index contributed by atoms with van der Waals surface area (Å²) in [6.07, 6.45) is 0. The summed E-state index contributed by atoms with van der Waals surface area (Å²) in [6, 6.07) is 13.0. The molecule has 0 atom stereocenters. The molecule has 0 radical (unpaired) electrons. The van der Waals surface area contributed by atoms with Crippen LogP contribution in [0.3, 0.4) is 0 Å². The van der Waals surface area contributed by atoms with E-state index in [2.05, 4.69) is 4.98 Å². The summed E-state index contributed by atoms with van der Waals surface area (Å²) in [7, 11) is 0. The molecule has 2 rings (SSSR count). The number of hydrogen-bond donors (Lipinski definition) is 1. The number of aromatic hydroxyl groups is 1. The number of phenolic OH excluding ortho intramolecular Hbond substituents is 1. The fraction of sp³-hybridized carbons (Fsp3) is 0.0833. The summed E-state index contributed by atoms with van der Waals surface area (Å²) >= 11 is 0. The smallest absolute Gasteiger partial charge is 0.124 e. The van der Waals surface area contributed by atoms with Crippen LogP contribution < -0.4 is 0 Å². The molecule has 72 valence electrons. The molecule has 0 aliphatic carbocycles. The Morgan fingerprint density at radius 3 is 2.40 bits per heavy atom. The van der Waals surface area contributed by atoms with E-state index in [1.54, 1.807) is 12.1 Å². The van der Waals surface area contributed by atoms with E-state index in [1.807, 2.05) is 37.3 Å². The van der Waals surface area contributed by atoms with Crippen LogP contribution in [0.25, 0.3) is 11.3 Å². The zero-order chi connectivity index (χ0) is 9.97. The largest absolute Gasteiger partial charge is 0.507 e. The van der Waals surface area contributed by atoms with Crippen molar-refractivity contribution in [3.05, 3.63) is 48.2 Å². The summed E-state index contributed by atoms with van der Waals surface area (Å²) in [5, 5.41) is 9.61. The summed E-state index contributed by atoms with van der Waals surface area (Å²) in [5.74, 6) is 0.269. The second-order valence-electron chi connectivity index (χ2n) is 3.18. The van der Waals surface area contributed by atoms with E-state index >= 15 is 0 Å². The SMILES string of the molecule is Cc1cccc(-c2ccccc2O)n1.[Zn]. The van der Waals surface area contributed by atoms with Crippen molar-refractivity contribution < 1.29 is 24.6 Å². The van der Waals surface area contributed by atoms with Crippen molar-refractivity contribution in [2.45, 2.75) is 6.92 Å². The maximum Gasteiger partial charge on any atom is 0.124 e. The molecule has 0 bridgehead atoms. The van der Waals surface area contributed by atoms with Gasteiger partial charge in [-0.25, -0.2) is 0 Å². The zero-order valence-corrected chi connectivity index (χ0v) is 11.6. The summed E-state index contributed by atoms with van der Waals surface area (Å²) < 4.78 is 0. The van der Waals surface area contributed by atoms with Crippen LogP contribution in [0.5, 0.6) is 5.75 Å². The minimum absolute atomic E-state index is 0. The number of para-hydroxylation sites is 1. The van der Waals surface area contributed by atoms with Gasteiger partial charge >= 0.3 is 0 Å². The van der Waals surface area contributed by atoms with Crippen molar-refractivity contribution in [1.82, 2.24) is 4.98 Å². The van der Waals surface area contributed by atoms with Crippen LogP contribution in [0.2, 0.25) is 0 Å². The molecule has 15 heavy (non-hydrogen) atoms. The van der Waals surface area contributed by atoms with E-state index in [9.17, 15) is 5.11 Å². The molecule has 0 amide bonds. The van der Waals surface area contributed by atoms with Crippen LogP contribution in [0.15, 0.2) is 42.5 Å². The predicted octanol–water partition coefficient (Wildman–Crippen LogP) is 2.76. The standard InChI is InChI=1S/C12H11NO.Zn/c1-9-5-4-7-11(13-9)10-6-2-3-8-12(10)14;/h2-8,14H,1H3;. The Bertz CT molecular complexity index is 457. The maximum absolute atomic E-state index is 9.61. The Balaban J connectivity index is 0.00000112. The molecule has 2 aromatic rings. The van der Waals surface area contributed by atoms with Gasteiger partial charge in [-0.3, -0.25) is 4.98 Å². The summed E-state index contributed by atoms with van der Waals surface area (Å²) in [5.41, 5.74) is 2.53. The normalized spacial score (nSPS) is 9.40. The monoisotopic (exact) mass is 249 g/mol. The molecule has 0 saturated heterocycles. The van der Waals surface area contributed by atoms with E-state index in [4.69, 9.17) is 0 Å². The molecule has 1 aromatic carbocycles. The van der Waals surface area contributed by atoms with Crippen molar-refractivity contribution in [1.29, 1.82) is 0 Å². The third-order valence-corrected chi connectivity index (χ3v) is 2.07. The third kappa shape index (κ3) is 2.63. The van der Waals surface area contributed by atoms with Crippen molar-refractivity contribution in [2.24, 2.45) is 0 Å². The van der Waals surface area contributed by atoms with Crippen molar-refractivity contribution in [3.8, 4) is 17.0 Å². The van der Waals surface area contributed by atoms with E-state index in [-0.39, 0.29) is 25.2 Å². The molecule has 0 unspecified atom stereocenters. The number of phenols is 1. The molecule has 1 aromatic heterocycles. The minimum Gasteiger partial charge on any atom is -0.507 e. The number of rotatable bonds is 1. The number of aromatic nitrogens is 1. The Morgan fingerprint density at radius 2 is 1.73 bits per heavy atom. The maximum atomic E-state index is 9.61. The second kappa shape index (κ2) is 5.04. The van der Waals surface area contributed by atoms with Crippen molar-refractivity contribution in [3.63, 3.8) is 0 Å². The van der Waals surface area contributed by atoms with Gasteiger partial charge in [0.05, 0.1) is 5.69 Å². The average molecular weight is 251 g/mol. The number of hydrogen-bond acceptors (Lipinski definition) is 2. The third-order valence-electron chi connectivity index (χ3n) is 2.07. The van der Waals surface area contributed by atoms with Gasteiger partial charge in [0.15, 0.2) is 0 Å². The quantitative estimate of drug-likeness (QED) is 0.790. The zero-order valence-electron chi connectivity index (χ0n) is 8.64. The van der Waals surface area contributed by atoms with Gasteiger partial charge in [0, 0.05) is 30.7 Å². The molecule has 3 heteroatoms. The molecule has 0 aliphatic rings. The van der Waals surface area contributed by atoms with Crippen LogP contribution in [0.1, 0.15) is 5.69 Å². The first-order valence-electron chi connectivity index (χ1n) is 4.49.